The predicted octanol–water partition coefficient (Wildman–Crippen LogP) is 5.26. The number of benzene rings is 2. The van der Waals surface area contributed by atoms with Gasteiger partial charge in [0.25, 0.3) is 6.43 Å². The van der Waals surface area contributed by atoms with Gasteiger partial charge in [0.15, 0.2) is 0 Å². The number of aliphatic hydroxyl groups is 1. The van der Waals surface area contributed by atoms with Crippen LogP contribution < -0.4 is 0 Å². The Morgan fingerprint density at radius 2 is 1.55 bits per heavy atom. The van der Waals surface area contributed by atoms with Crippen molar-refractivity contribution in [2.24, 2.45) is 0 Å². The van der Waals surface area contributed by atoms with Crippen LogP contribution in [0.4, 0.5) is 13.2 Å². The summed E-state index contributed by atoms with van der Waals surface area (Å²) in [6, 6.07) is 7.96. The van der Waals surface area contributed by atoms with Crippen LogP contribution in [0, 0.1) is 5.82 Å². The Labute approximate surface area is 127 Å². The Morgan fingerprint density at radius 3 is 2.10 bits per heavy atom. The maximum atomic E-state index is 14.0. The number of alkyl halides is 2. The molecule has 0 aliphatic heterocycles. The van der Waals surface area contributed by atoms with E-state index < -0.39 is 18.3 Å². The van der Waals surface area contributed by atoms with Gasteiger partial charge in [-0.05, 0) is 27.6 Å². The average Bonchev–Trinajstić information content (AvgIpc) is 2.44. The van der Waals surface area contributed by atoms with Gasteiger partial charge in [0.2, 0.25) is 0 Å². The molecule has 0 fully saturated rings. The van der Waals surface area contributed by atoms with E-state index in [4.69, 9.17) is 11.6 Å². The first-order valence-corrected chi connectivity index (χ1v) is 6.78. The van der Waals surface area contributed by atoms with Crippen molar-refractivity contribution in [1.29, 1.82) is 0 Å². The molecular weight excluding hydrogens is 357 g/mol. The number of aliphatic hydroxyl groups excluding tert-OH is 1. The van der Waals surface area contributed by atoms with Crippen molar-refractivity contribution >= 4 is 27.5 Å². The molecule has 20 heavy (non-hydrogen) atoms. The van der Waals surface area contributed by atoms with Gasteiger partial charge in [-0.2, -0.15) is 0 Å². The van der Waals surface area contributed by atoms with Crippen molar-refractivity contribution in [3.8, 4) is 0 Å². The van der Waals surface area contributed by atoms with Crippen LogP contribution in [0.1, 0.15) is 29.2 Å². The van der Waals surface area contributed by atoms with E-state index in [2.05, 4.69) is 15.9 Å². The molecule has 1 unspecified atom stereocenters. The third kappa shape index (κ3) is 3.00. The Kier molecular flexibility index (Phi) is 4.73. The van der Waals surface area contributed by atoms with Gasteiger partial charge in [-0.15, -0.1) is 0 Å². The molecule has 0 bridgehead atoms. The van der Waals surface area contributed by atoms with Crippen LogP contribution in [0.3, 0.4) is 0 Å². The van der Waals surface area contributed by atoms with E-state index in [1.807, 2.05) is 0 Å². The average molecular weight is 366 g/mol. The summed E-state index contributed by atoms with van der Waals surface area (Å²) in [5.41, 5.74) is 0.143. The maximum Gasteiger partial charge on any atom is 0.263 e. The van der Waals surface area contributed by atoms with E-state index in [0.29, 0.717) is 10.0 Å². The zero-order valence-electron chi connectivity index (χ0n) is 9.96. The summed E-state index contributed by atoms with van der Waals surface area (Å²) in [5.74, 6) is -0.744. The van der Waals surface area contributed by atoms with E-state index in [-0.39, 0.29) is 16.1 Å². The summed E-state index contributed by atoms with van der Waals surface area (Å²) in [7, 11) is 0. The molecule has 2 rings (SSSR count). The van der Waals surface area contributed by atoms with Gasteiger partial charge in [0, 0.05) is 15.6 Å². The molecule has 0 amide bonds. The highest BCUT2D eigenvalue weighted by atomic mass is 79.9. The SMILES string of the molecule is OC(c1ccc(C(F)F)cc1)c1ccc(Br)c(Cl)c1F. The Morgan fingerprint density at radius 1 is 1.00 bits per heavy atom. The fraction of sp³-hybridized carbons (Fsp3) is 0.143. The van der Waals surface area contributed by atoms with Gasteiger partial charge in [0.1, 0.15) is 11.9 Å². The number of halogens is 5. The van der Waals surface area contributed by atoms with E-state index in [0.717, 1.165) is 0 Å². The minimum absolute atomic E-state index is 0.0111. The van der Waals surface area contributed by atoms with Crippen LogP contribution in [0.15, 0.2) is 40.9 Å². The van der Waals surface area contributed by atoms with Crippen molar-refractivity contribution < 1.29 is 18.3 Å². The molecule has 1 atom stereocenters. The highest BCUT2D eigenvalue weighted by molar-refractivity contribution is 9.10. The Hall–Kier alpha value is -1.04. The van der Waals surface area contributed by atoms with Crippen molar-refractivity contribution in [3.05, 3.63) is 68.4 Å². The molecule has 0 heterocycles. The van der Waals surface area contributed by atoms with Crippen LogP contribution in [-0.4, -0.2) is 5.11 Å². The van der Waals surface area contributed by atoms with Crippen LogP contribution in [-0.2, 0) is 0 Å². The molecule has 6 heteroatoms. The second-order valence-corrected chi connectivity index (χ2v) is 5.37. The Balaban J connectivity index is 2.36. The summed E-state index contributed by atoms with van der Waals surface area (Å²) in [6.07, 6.45) is -3.85. The van der Waals surface area contributed by atoms with E-state index >= 15 is 0 Å². The van der Waals surface area contributed by atoms with E-state index in [1.54, 1.807) is 0 Å². The molecule has 0 saturated heterocycles. The first kappa shape index (κ1) is 15.4. The lowest BCUT2D eigenvalue weighted by atomic mass is 10.00. The monoisotopic (exact) mass is 364 g/mol. The minimum Gasteiger partial charge on any atom is -0.384 e. The quantitative estimate of drug-likeness (QED) is 0.736. The minimum atomic E-state index is -2.58. The summed E-state index contributed by atoms with van der Waals surface area (Å²) in [5, 5.41) is 9.98. The third-order valence-corrected chi connectivity index (χ3v) is 4.12. The van der Waals surface area contributed by atoms with Gasteiger partial charge >= 0.3 is 0 Å². The van der Waals surface area contributed by atoms with Crippen LogP contribution in [0.5, 0.6) is 0 Å². The first-order valence-electron chi connectivity index (χ1n) is 5.61. The molecule has 0 radical (unpaired) electrons. The van der Waals surface area contributed by atoms with Crippen LogP contribution >= 0.6 is 27.5 Å². The first-order chi connectivity index (χ1) is 9.41. The molecule has 0 aliphatic carbocycles. The van der Waals surface area contributed by atoms with Gasteiger partial charge in [-0.3, -0.25) is 0 Å². The van der Waals surface area contributed by atoms with Crippen molar-refractivity contribution in [1.82, 2.24) is 0 Å². The summed E-state index contributed by atoms with van der Waals surface area (Å²) < 4.78 is 39.2. The molecule has 0 aliphatic rings. The summed E-state index contributed by atoms with van der Waals surface area (Å²) >= 11 is 8.82. The van der Waals surface area contributed by atoms with Gasteiger partial charge in [-0.1, -0.05) is 41.9 Å². The zero-order chi connectivity index (χ0) is 14.9. The second-order valence-electron chi connectivity index (χ2n) is 4.13. The van der Waals surface area contributed by atoms with Crippen molar-refractivity contribution in [3.63, 3.8) is 0 Å². The lowest BCUT2D eigenvalue weighted by molar-refractivity contribution is 0.151. The van der Waals surface area contributed by atoms with E-state index in [1.165, 1.54) is 36.4 Å². The normalized spacial score (nSPS) is 12.8. The molecule has 0 spiro atoms. The second kappa shape index (κ2) is 6.16. The molecule has 0 saturated carbocycles. The molecule has 1 nitrogen and oxygen atoms in total. The van der Waals surface area contributed by atoms with Crippen LogP contribution in [0.25, 0.3) is 0 Å². The highest BCUT2D eigenvalue weighted by Gasteiger charge is 2.19. The fourth-order valence-corrected chi connectivity index (χ4v) is 2.23. The topological polar surface area (TPSA) is 20.2 Å². The molecule has 106 valence electrons. The van der Waals surface area contributed by atoms with Gasteiger partial charge in [-0.25, -0.2) is 13.2 Å². The lowest BCUT2D eigenvalue weighted by Gasteiger charge is -2.14. The molecule has 0 aromatic heterocycles. The van der Waals surface area contributed by atoms with Gasteiger partial charge < -0.3 is 5.11 Å². The van der Waals surface area contributed by atoms with Crippen molar-refractivity contribution in [2.45, 2.75) is 12.5 Å². The highest BCUT2D eigenvalue weighted by Crippen LogP contribution is 2.33. The van der Waals surface area contributed by atoms with Crippen molar-refractivity contribution in [2.75, 3.05) is 0 Å². The lowest BCUT2D eigenvalue weighted by Crippen LogP contribution is -2.03. The molecule has 1 N–H and O–H groups in total. The van der Waals surface area contributed by atoms with Crippen LogP contribution in [0.2, 0.25) is 5.02 Å². The number of hydrogen-bond acceptors (Lipinski definition) is 1. The maximum absolute atomic E-state index is 14.0. The third-order valence-electron chi connectivity index (χ3n) is 2.86. The summed E-state index contributed by atoms with van der Waals surface area (Å²) in [4.78, 5) is 0. The molecule has 2 aromatic carbocycles. The zero-order valence-corrected chi connectivity index (χ0v) is 12.3. The standard InChI is InChI=1S/C14H9BrClF3O/c15-10-6-5-9(12(17)11(10)16)13(20)7-1-3-8(4-2-7)14(18)19/h1-6,13-14,20H. The number of rotatable bonds is 3. The predicted molar refractivity (Wildman–Crippen MR) is 74.6 cm³/mol. The Bertz CT molecular complexity index is 617. The fourth-order valence-electron chi connectivity index (χ4n) is 1.76. The number of hydrogen-bond donors (Lipinski definition) is 1. The largest absolute Gasteiger partial charge is 0.384 e. The smallest absolute Gasteiger partial charge is 0.263 e. The molecular formula is C14H9BrClF3O. The summed E-state index contributed by atoms with van der Waals surface area (Å²) in [6.45, 7) is 0. The molecule has 2 aromatic rings. The van der Waals surface area contributed by atoms with E-state index in [9.17, 15) is 18.3 Å². The van der Waals surface area contributed by atoms with Gasteiger partial charge in [0.05, 0.1) is 5.02 Å².